The quantitative estimate of drug-likeness (QED) is 0.852. The Morgan fingerprint density at radius 2 is 1.75 bits per heavy atom. The molecule has 128 valence electrons. The van der Waals surface area contributed by atoms with E-state index in [2.05, 4.69) is 5.32 Å². The average molecular weight is 328 g/mol. The Morgan fingerprint density at radius 1 is 1.12 bits per heavy atom. The van der Waals surface area contributed by atoms with Crippen LogP contribution in [0.2, 0.25) is 0 Å². The minimum absolute atomic E-state index is 0.0774. The highest BCUT2D eigenvalue weighted by Gasteiger charge is 2.19. The molecule has 2 aromatic carbocycles. The lowest BCUT2D eigenvalue weighted by molar-refractivity contribution is 0.155. The molecule has 5 nitrogen and oxygen atoms in total. The van der Waals surface area contributed by atoms with Crippen LogP contribution in [0.3, 0.4) is 0 Å². The Kier molecular flexibility index (Phi) is 6.21. The first-order valence-electron chi connectivity index (χ1n) is 7.99. The van der Waals surface area contributed by atoms with Crippen molar-refractivity contribution in [2.24, 2.45) is 0 Å². The fourth-order valence-electron chi connectivity index (χ4n) is 2.23. The maximum Gasteiger partial charge on any atom is 0.317 e. The summed E-state index contributed by atoms with van der Waals surface area (Å²) in [6.45, 7) is 3.62. The van der Waals surface area contributed by atoms with Gasteiger partial charge in [-0.1, -0.05) is 36.4 Å². The first-order valence-corrected chi connectivity index (χ1v) is 7.99. The summed E-state index contributed by atoms with van der Waals surface area (Å²) in [5, 5.41) is 12.1. The van der Waals surface area contributed by atoms with Gasteiger partial charge in [0.2, 0.25) is 0 Å². The van der Waals surface area contributed by atoms with Gasteiger partial charge in [-0.2, -0.15) is 0 Å². The van der Waals surface area contributed by atoms with Crippen molar-refractivity contribution in [3.8, 4) is 11.5 Å². The summed E-state index contributed by atoms with van der Waals surface area (Å²) in [6.07, 6.45) is 0. The van der Waals surface area contributed by atoms with Gasteiger partial charge in [0.15, 0.2) is 0 Å². The van der Waals surface area contributed by atoms with Gasteiger partial charge in [-0.05, 0) is 32.0 Å². The van der Waals surface area contributed by atoms with E-state index in [0.29, 0.717) is 5.75 Å². The summed E-state index contributed by atoms with van der Waals surface area (Å²) in [6, 6.07) is 16.4. The summed E-state index contributed by atoms with van der Waals surface area (Å²) in [5.74, 6) is 1.45. The van der Waals surface area contributed by atoms with Crippen LogP contribution in [0.4, 0.5) is 4.79 Å². The van der Waals surface area contributed by atoms with Crippen LogP contribution < -0.4 is 10.1 Å². The number of amides is 2. The molecule has 0 heterocycles. The van der Waals surface area contributed by atoms with Gasteiger partial charge in [-0.25, -0.2) is 4.79 Å². The molecule has 24 heavy (non-hydrogen) atoms. The van der Waals surface area contributed by atoms with E-state index in [4.69, 9.17) is 4.74 Å². The number of para-hydroxylation sites is 2. The number of hydrogen-bond donors (Lipinski definition) is 2. The normalized spacial score (nSPS) is 13.0. The molecular weight excluding hydrogens is 304 g/mol. The molecule has 2 amide bonds. The number of aliphatic hydroxyl groups is 1. The summed E-state index contributed by atoms with van der Waals surface area (Å²) < 4.78 is 5.94. The molecular formula is C19H24N2O3. The van der Waals surface area contributed by atoms with E-state index < -0.39 is 0 Å². The Morgan fingerprint density at radius 3 is 2.42 bits per heavy atom. The summed E-state index contributed by atoms with van der Waals surface area (Å²) in [7, 11) is 1.66. The second-order valence-corrected chi connectivity index (χ2v) is 5.77. The first kappa shape index (κ1) is 17.8. The van der Waals surface area contributed by atoms with Gasteiger partial charge in [0.25, 0.3) is 0 Å². The van der Waals surface area contributed by atoms with E-state index in [0.717, 1.165) is 11.3 Å². The molecule has 0 saturated carbocycles. The number of hydrogen-bond acceptors (Lipinski definition) is 3. The number of aliphatic hydroxyl groups excluding tert-OH is 1. The molecule has 0 fully saturated rings. The largest absolute Gasteiger partial charge is 0.457 e. The molecule has 0 aliphatic heterocycles. The lowest BCUT2D eigenvalue weighted by Crippen LogP contribution is -2.44. The topological polar surface area (TPSA) is 61.8 Å². The van der Waals surface area contributed by atoms with Gasteiger partial charge in [-0.3, -0.25) is 0 Å². The number of likely N-dealkylation sites (N-methyl/N-ethyl adjacent to an activating group) is 1. The van der Waals surface area contributed by atoms with Crippen molar-refractivity contribution >= 4 is 6.03 Å². The lowest BCUT2D eigenvalue weighted by Gasteiger charge is -2.26. The Balaban J connectivity index is 2.12. The van der Waals surface area contributed by atoms with E-state index >= 15 is 0 Å². The SMILES string of the molecule is CC(NC(=O)N(C)C(C)CO)c1ccccc1Oc1ccccc1. The van der Waals surface area contributed by atoms with Crippen molar-refractivity contribution in [1.82, 2.24) is 10.2 Å². The highest BCUT2D eigenvalue weighted by molar-refractivity contribution is 5.74. The summed E-state index contributed by atoms with van der Waals surface area (Å²) >= 11 is 0. The fourth-order valence-corrected chi connectivity index (χ4v) is 2.23. The predicted octanol–water partition coefficient (Wildman–Crippen LogP) is 3.56. The highest BCUT2D eigenvalue weighted by atomic mass is 16.5. The van der Waals surface area contributed by atoms with Crippen molar-refractivity contribution in [3.05, 3.63) is 60.2 Å². The molecule has 0 bridgehead atoms. The molecule has 0 saturated heterocycles. The molecule has 0 aromatic heterocycles. The summed E-state index contributed by atoms with van der Waals surface area (Å²) in [4.78, 5) is 13.7. The number of rotatable bonds is 6. The average Bonchev–Trinajstić information content (AvgIpc) is 2.61. The minimum Gasteiger partial charge on any atom is -0.457 e. The Labute approximate surface area is 142 Å². The molecule has 2 aromatic rings. The van der Waals surface area contributed by atoms with E-state index in [1.807, 2.05) is 61.5 Å². The van der Waals surface area contributed by atoms with Crippen molar-refractivity contribution in [2.45, 2.75) is 25.9 Å². The standard InChI is InChI=1S/C19H24N2O3/c1-14(13-22)21(3)19(23)20-15(2)17-11-7-8-12-18(17)24-16-9-5-4-6-10-16/h4-12,14-15,22H,13H2,1-3H3,(H,20,23). The minimum atomic E-state index is -0.243. The van der Waals surface area contributed by atoms with E-state index in [1.54, 1.807) is 14.0 Å². The van der Waals surface area contributed by atoms with E-state index in [9.17, 15) is 9.90 Å². The predicted molar refractivity (Wildman–Crippen MR) is 94.2 cm³/mol. The third kappa shape index (κ3) is 4.49. The molecule has 0 aliphatic rings. The molecule has 2 N–H and O–H groups in total. The zero-order chi connectivity index (χ0) is 17.5. The van der Waals surface area contributed by atoms with Crippen LogP contribution in [-0.4, -0.2) is 35.7 Å². The fraction of sp³-hybridized carbons (Fsp3) is 0.316. The number of benzene rings is 2. The number of nitrogens with zero attached hydrogens (tertiary/aromatic N) is 1. The molecule has 0 aliphatic carbocycles. The van der Waals surface area contributed by atoms with Crippen molar-refractivity contribution in [1.29, 1.82) is 0 Å². The molecule has 5 heteroatoms. The van der Waals surface area contributed by atoms with Crippen LogP contribution in [0.25, 0.3) is 0 Å². The zero-order valence-corrected chi connectivity index (χ0v) is 14.3. The van der Waals surface area contributed by atoms with Crippen LogP contribution >= 0.6 is 0 Å². The zero-order valence-electron chi connectivity index (χ0n) is 14.3. The third-order valence-corrected chi connectivity index (χ3v) is 3.94. The van der Waals surface area contributed by atoms with Gasteiger partial charge in [0, 0.05) is 12.6 Å². The number of nitrogens with one attached hydrogen (secondary N) is 1. The summed E-state index contributed by atoms with van der Waals surface area (Å²) in [5.41, 5.74) is 0.889. The van der Waals surface area contributed by atoms with Gasteiger partial charge in [0.1, 0.15) is 11.5 Å². The lowest BCUT2D eigenvalue weighted by atomic mass is 10.1. The van der Waals surface area contributed by atoms with Crippen molar-refractivity contribution in [3.63, 3.8) is 0 Å². The van der Waals surface area contributed by atoms with Crippen molar-refractivity contribution in [2.75, 3.05) is 13.7 Å². The molecule has 2 atom stereocenters. The van der Waals surface area contributed by atoms with Crippen molar-refractivity contribution < 1.29 is 14.6 Å². The second kappa shape index (κ2) is 8.36. The smallest absolute Gasteiger partial charge is 0.317 e. The molecule has 0 radical (unpaired) electrons. The van der Waals surface area contributed by atoms with Crippen LogP contribution in [0.1, 0.15) is 25.5 Å². The molecule has 2 rings (SSSR count). The van der Waals surface area contributed by atoms with Gasteiger partial charge in [0.05, 0.1) is 18.7 Å². The van der Waals surface area contributed by atoms with Crippen LogP contribution in [0.15, 0.2) is 54.6 Å². The maximum absolute atomic E-state index is 12.3. The van der Waals surface area contributed by atoms with E-state index in [1.165, 1.54) is 4.90 Å². The third-order valence-electron chi connectivity index (χ3n) is 3.94. The number of urea groups is 1. The monoisotopic (exact) mass is 328 g/mol. The van der Waals surface area contributed by atoms with Crippen LogP contribution in [0.5, 0.6) is 11.5 Å². The Bertz CT molecular complexity index is 661. The first-order chi connectivity index (χ1) is 11.5. The number of carbonyl (C=O) groups is 1. The van der Waals surface area contributed by atoms with E-state index in [-0.39, 0.29) is 24.7 Å². The number of carbonyl (C=O) groups excluding carboxylic acids is 1. The van der Waals surface area contributed by atoms with Gasteiger partial charge in [-0.15, -0.1) is 0 Å². The highest BCUT2D eigenvalue weighted by Crippen LogP contribution is 2.29. The van der Waals surface area contributed by atoms with Crippen LogP contribution in [-0.2, 0) is 0 Å². The second-order valence-electron chi connectivity index (χ2n) is 5.77. The molecule has 2 unspecified atom stereocenters. The molecule has 0 spiro atoms. The Hall–Kier alpha value is -2.53. The van der Waals surface area contributed by atoms with Gasteiger partial charge < -0.3 is 20.1 Å². The number of ether oxygens (including phenoxy) is 1. The maximum atomic E-state index is 12.3. The van der Waals surface area contributed by atoms with Crippen LogP contribution in [0, 0.1) is 0 Å². The van der Waals surface area contributed by atoms with Gasteiger partial charge >= 0.3 is 6.03 Å².